The summed E-state index contributed by atoms with van der Waals surface area (Å²) in [6.45, 7) is 22.4. The van der Waals surface area contributed by atoms with Crippen LogP contribution in [0.25, 0.3) is 0 Å². The Hall–Kier alpha value is -6.15. The summed E-state index contributed by atoms with van der Waals surface area (Å²) >= 11 is 0. The van der Waals surface area contributed by atoms with Crippen molar-refractivity contribution < 1.29 is 47.9 Å². The Kier molecular flexibility index (Phi) is 37.9. The maximum atomic E-state index is 14.6. The van der Waals surface area contributed by atoms with E-state index in [1.54, 1.807) is 13.8 Å². The van der Waals surface area contributed by atoms with Crippen molar-refractivity contribution in [2.45, 2.75) is 227 Å². The number of nitrogens with two attached hydrogens (primary N) is 6. The molecule has 0 saturated heterocycles. The van der Waals surface area contributed by atoms with E-state index in [4.69, 9.17) is 34.4 Å². The Labute approximate surface area is 487 Å². The van der Waals surface area contributed by atoms with Crippen LogP contribution in [0.4, 0.5) is 0 Å². The van der Waals surface area contributed by atoms with Gasteiger partial charge in [0.2, 0.25) is 59.1 Å². The molecule has 21 N–H and O–H groups in total. The van der Waals surface area contributed by atoms with Crippen LogP contribution in [0.2, 0.25) is 0 Å². The van der Waals surface area contributed by atoms with Gasteiger partial charge in [-0.15, -0.1) is 0 Å². The summed E-state index contributed by atoms with van der Waals surface area (Å²) in [5.41, 5.74) is 34.0. The van der Waals surface area contributed by atoms with Crippen molar-refractivity contribution in [1.82, 2.24) is 47.9 Å². The van der Waals surface area contributed by atoms with Gasteiger partial charge in [0.25, 0.3) is 0 Å². The standard InChI is InChI=1S/C56H108N16O10/c1-13-35(11)45(54(81)67-38(21-16-18-24-58)49(76)72-46(36(12)14-2)55(82)70-43(29-34(9)10)53(80)68-40(47(60)74)26-31(3)4)71-50(77)39(22-19-25-63-56(61)62)65-48(75)37(20-15-17-23-57)66-52(79)42(28-33(7)8)69-51(78)41(27-32(5)6)64-44(73)30-59/h31-43,45-46H,13-30,57-59H2,1-12H3,(H2,60,74)(H,64,73)(H,65,75)(H,66,79)(H,67,81)(H,68,80)(H,69,78)(H,70,82)(H,71,77)(H,72,76)(H4,61,62,63)/t35-,36-,37-,38-,39-,40-,41-,42-,43-,45-,46-/m0/s1. The average molecular weight is 1170 g/mol. The molecule has 472 valence electrons. The summed E-state index contributed by atoms with van der Waals surface area (Å²) in [6, 6.07) is -10.4. The highest BCUT2D eigenvalue weighted by atomic mass is 16.2. The predicted octanol–water partition coefficient (Wildman–Crippen LogP) is -0.618. The first-order valence-corrected chi connectivity index (χ1v) is 29.6. The molecule has 0 aliphatic heterocycles. The number of carbonyl (C=O) groups excluding carboxylic acids is 10. The molecule has 0 spiro atoms. The minimum atomic E-state index is -1.32. The summed E-state index contributed by atoms with van der Waals surface area (Å²) in [7, 11) is 0. The van der Waals surface area contributed by atoms with Crippen molar-refractivity contribution in [1.29, 1.82) is 0 Å². The molecule has 0 aromatic carbocycles. The third-order valence-electron chi connectivity index (χ3n) is 13.9. The van der Waals surface area contributed by atoms with E-state index in [2.05, 4.69) is 52.8 Å². The Morgan fingerprint density at radius 1 is 0.366 bits per heavy atom. The Balaban J connectivity index is 7.10. The Bertz CT molecular complexity index is 2040. The number of primary amides is 1. The van der Waals surface area contributed by atoms with Crippen molar-refractivity contribution in [3.63, 3.8) is 0 Å². The summed E-state index contributed by atoms with van der Waals surface area (Å²) < 4.78 is 0. The number of amides is 10. The van der Waals surface area contributed by atoms with Gasteiger partial charge in [-0.3, -0.25) is 52.9 Å². The maximum Gasteiger partial charge on any atom is 0.243 e. The minimum absolute atomic E-state index is 0.00976. The highest BCUT2D eigenvalue weighted by Gasteiger charge is 2.37. The fraction of sp³-hybridized carbons (Fsp3) is 0.804. The second-order valence-corrected chi connectivity index (χ2v) is 23.4. The van der Waals surface area contributed by atoms with Crippen molar-refractivity contribution in [3.05, 3.63) is 0 Å². The van der Waals surface area contributed by atoms with Crippen LogP contribution >= 0.6 is 0 Å². The van der Waals surface area contributed by atoms with E-state index in [1.165, 1.54) is 0 Å². The van der Waals surface area contributed by atoms with Crippen LogP contribution in [0.3, 0.4) is 0 Å². The number of guanidine groups is 1. The van der Waals surface area contributed by atoms with Gasteiger partial charge in [0.05, 0.1) is 6.54 Å². The molecule has 0 rings (SSSR count). The van der Waals surface area contributed by atoms with Crippen molar-refractivity contribution in [2.24, 2.45) is 74.9 Å². The van der Waals surface area contributed by atoms with Gasteiger partial charge >= 0.3 is 0 Å². The van der Waals surface area contributed by atoms with E-state index < -0.39 is 125 Å². The number of aliphatic imine (C=N–C) groups is 1. The lowest BCUT2D eigenvalue weighted by molar-refractivity contribution is -0.137. The number of hydrogen-bond donors (Lipinski definition) is 15. The van der Waals surface area contributed by atoms with Crippen molar-refractivity contribution in [3.8, 4) is 0 Å². The molecular formula is C56H108N16O10. The van der Waals surface area contributed by atoms with Crippen molar-refractivity contribution in [2.75, 3.05) is 26.2 Å². The Morgan fingerprint density at radius 2 is 0.659 bits per heavy atom. The normalized spacial score (nSPS) is 15.5. The van der Waals surface area contributed by atoms with Gasteiger partial charge in [0, 0.05) is 6.54 Å². The lowest BCUT2D eigenvalue weighted by Gasteiger charge is -2.31. The monoisotopic (exact) mass is 1160 g/mol. The maximum absolute atomic E-state index is 14.6. The molecule has 0 fully saturated rings. The van der Waals surface area contributed by atoms with Gasteiger partial charge in [0.1, 0.15) is 54.4 Å². The van der Waals surface area contributed by atoms with E-state index in [9.17, 15) is 47.9 Å². The number of unbranched alkanes of at least 4 members (excludes halogenated alkanes) is 2. The van der Waals surface area contributed by atoms with E-state index >= 15 is 0 Å². The minimum Gasteiger partial charge on any atom is -0.370 e. The molecule has 10 amide bonds. The molecule has 26 nitrogen and oxygen atoms in total. The average Bonchev–Trinajstić information content (AvgIpc) is 3.43. The molecule has 0 unspecified atom stereocenters. The fourth-order valence-electron chi connectivity index (χ4n) is 8.90. The van der Waals surface area contributed by atoms with Crippen LogP contribution in [0, 0.1) is 35.5 Å². The SMILES string of the molecule is CC[C@H](C)[C@H](NC(=O)[C@H](CCCCN)NC(=O)[C@@H](NC(=O)[C@H](CCCN=C(N)N)NC(=O)[C@H](CCCCN)NC(=O)[C@H](CC(C)C)NC(=O)[C@H](CC(C)C)NC(=O)CN)[C@@H](C)CC)C(=O)N[C@@H](CC(C)C)C(=O)N[C@@H](CC(C)C)C(N)=O. The molecule has 0 aromatic heterocycles. The molecule has 0 aromatic rings. The lowest BCUT2D eigenvalue weighted by atomic mass is 9.95. The number of carbonyl (C=O) groups is 10. The van der Waals surface area contributed by atoms with Crippen LogP contribution in [-0.4, -0.2) is 146 Å². The first kappa shape index (κ1) is 75.8. The van der Waals surface area contributed by atoms with Gasteiger partial charge in [-0.05, 0) is 126 Å². The summed E-state index contributed by atoms with van der Waals surface area (Å²) in [6.07, 6.45) is 3.85. The number of nitrogens with one attached hydrogen (secondary N) is 9. The fourth-order valence-corrected chi connectivity index (χ4v) is 8.90. The summed E-state index contributed by atoms with van der Waals surface area (Å²) in [4.78, 5) is 142. The number of hydrogen-bond acceptors (Lipinski definition) is 14. The molecule has 0 radical (unpaired) electrons. The van der Waals surface area contributed by atoms with E-state index in [0.29, 0.717) is 38.5 Å². The molecule has 82 heavy (non-hydrogen) atoms. The van der Waals surface area contributed by atoms with Gasteiger partial charge in [-0.2, -0.15) is 0 Å². The van der Waals surface area contributed by atoms with E-state index in [0.717, 1.165) is 0 Å². The largest absolute Gasteiger partial charge is 0.370 e. The summed E-state index contributed by atoms with van der Waals surface area (Å²) in [5, 5.41) is 24.9. The molecular weight excluding hydrogens is 1060 g/mol. The molecule has 0 aliphatic rings. The Morgan fingerprint density at radius 3 is 0.988 bits per heavy atom. The molecule has 0 saturated carbocycles. The predicted molar refractivity (Wildman–Crippen MR) is 318 cm³/mol. The van der Waals surface area contributed by atoms with Crippen LogP contribution in [-0.2, 0) is 47.9 Å². The summed E-state index contributed by atoms with van der Waals surface area (Å²) in [5.74, 6) is -8.09. The molecule has 26 heteroatoms. The highest BCUT2D eigenvalue weighted by Crippen LogP contribution is 2.17. The lowest BCUT2D eigenvalue weighted by Crippen LogP contribution is -2.62. The van der Waals surface area contributed by atoms with E-state index in [-0.39, 0.29) is 107 Å². The number of nitrogens with zero attached hydrogens (tertiary/aromatic N) is 1. The van der Waals surface area contributed by atoms with Crippen LogP contribution in [0.15, 0.2) is 4.99 Å². The first-order chi connectivity index (χ1) is 38.5. The van der Waals surface area contributed by atoms with Crippen LogP contribution < -0.4 is 82.3 Å². The van der Waals surface area contributed by atoms with Crippen LogP contribution in [0.1, 0.15) is 173 Å². The molecule has 0 heterocycles. The first-order valence-electron chi connectivity index (χ1n) is 29.6. The van der Waals surface area contributed by atoms with Gasteiger partial charge < -0.3 is 82.3 Å². The second-order valence-electron chi connectivity index (χ2n) is 23.4. The highest BCUT2D eigenvalue weighted by molar-refractivity contribution is 5.98. The van der Waals surface area contributed by atoms with Crippen LogP contribution in [0.5, 0.6) is 0 Å². The van der Waals surface area contributed by atoms with E-state index in [1.807, 2.05) is 69.2 Å². The smallest absolute Gasteiger partial charge is 0.243 e. The quantitative estimate of drug-likeness (QED) is 0.0206. The third-order valence-corrected chi connectivity index (χ3v) is 13.9. The zero-order valence-corrected chi connectivity index (χ0v) is 51.4. The van der Waals surface area contributed by atoms with Gasteiger partial charge in [0.15, 0.2) is 5.96 Å². The topological polar surface area (TPSA) is 447 Å². The zero-order chi connectivity index (χ0) is 62.8. The molecule has 0 bridgehead atoms. The number of rotatable bonds is 43. The zero-order valence-electron chi connectivity index (χ0n) is 51.4. The van der Waals surface area contributed by atoms with Crippen molar-refractivity contribution >= 4 is 65.0 Å². The van der Waals surface area contributed by atoms with Gasteiger partial charge in [-0.25, -0.2) is 0 Å². The molecule has 11 atom stereocenters. The second kappa shape index (κ2) is 40.9. The molecule has 0 aliphatic carbocycles. The van der Waals surface area contributed by atoms with Gasteiger partial charge in [-0.1, -0.05) is 95.9 Å². The third kappa shape index (κ3) is 30.8.